The third kappa shape index (κ3) is 3.96. The molecule has 1 saturated heterocycles. The highest BCUT2D eigenvalue weighted by atomic mass is 16.5. The summed E-state index contributed by atoms with van der Waals surface area (Å²) in [5.74, 6) is 0.633. The minimum Gasteiger partial charge on any atom is -0.487 e. The smallest absolute Gasteiger partial charge is 0.322 e. The second kappa shape index (κ2) is 7.05. The van der Waals surface area contributed by atoms with E-state index in [1.807, 2.05) is 0 Å². The zero-order valence-corrected chi connectivity index (χ0v) is 13.7. The number of nitrogens with zero attached hydrogens (tertiary/aromatic N) is 2. The van der Waals surface area contributed by atoms with E-state index in [9.17, 15) is 9.59 Å². The lowest BCUT2D eigenvalue weighted by Gasteiger charge is -2.38. The van der Waals surface area contributed by atoms with E-state index in [0.717, 1.165) is 0 Å². The van der Waals surface area contributed by atoms with Crippen molar-refractivity contribution < 1.29 is 14.3 Å². The average Bonchev–Trinajstić information content (AvgIpc) is 2.58. The topological polar surface area (TPSA) is 82.4 Å². The van der Waals surface area contributed by atoms with Crippen LogP contribution in [-0.4, -0.2) is 35.9 Å². The van der Waals surface area contributed by atoms with E-state index in [0.29, 0.717) is 35.7 Å². The zero-order valence-electron chi connectivity index (χ0n) is 13.7. The van der Waals surface area contributed by atoms with E-state index in [2.05, 4.69) is 11.4 Å². The number of hydrogen-bond donors (Lipinski definition) is 1. The van der Waals surface area contributed by atoms with E-state index in [1.165, 1.54) is 6.92 Å². The highest BCUT2D eigenvalue weighted by Crippen LogP contribution is 2.20. The predicted octanol–water partition coefficient (Wildman–Crippen LogP) is 3.06. The lowest BCUT2D eigenvalue weighted by atomic mass is 10.1. The molecule has 0 saturated carbocycles. The maximum atomic E-state index is 12.2. The van der Waals surface area contributed by atoms with E-state index < -0.39 is 0 Å². The molecule has 0 atom stereocenters. The second-order valence-electron chi connectivity index (χ2n) is 5.85. The summed E-state index contributed by atoms with van der Waals surface area (Å²) in [6, 6.07) is 15.6. The molecule has 0 unspecified atom stereocenters. The summed E-state index contributed by atoms with van der Waals surface area (Å²) < 4.78 is 5.76. The molecule has 2 aromatic rings. The first kappa shape index (κ1) is 16.5. The van der Waals surface area contributed by atoms with Crippen LogP contribution in [0.1, 0.15) is 22.8 Å². The number of urea groups is 1. The van der Waals surface area contributed by atoms with Gasteiger partial charge in [0.05, 0.1) is 24.7 Å². The van der Waals surface area contributed by atoms with Crippen LogP contribution in [0.2, 0.25) is 0 Å². The fraction of sp³-hybridized carbons (Fsp3) is 0.211. The van der Waals surface area contributed by atoms with Gasteiger partial charge in [0.2, 0.25) is 0 Å². The molecule has 0 spiro atoms. The van der Waals surface area contributed by atoms with Crippen molar-refractivity contribution >= 4 is 17.5 Å². The fourth-order valence-electron chi connectivity index (χ4n) is 2.50. The molecule has 1 heterocycles. The molecule has 0 aromatic heterocycles. The number of ketones is 1. The Morgan fingerprint density at radius 1 is 1.20 bits per heavy atom. The van der Waals surface area contributed by atoms with Gasteiger partial charge in [-0.1, -0.05) is 12.1 Å². The third-order valence-corrected chi connectivity index (χ3v) is 3.94. The Kier molecular flexibility index (Phi) is 4.66. The number of hydrogen-bond acceptors (Lipinski definition) is 4. The SMILES string of the molecule is CC(=O)c1cccc(NC(=O)N2CC(Oc3ccc(C#N)cc3)C2)c1. The van der Waals surface area contributed by atoms with Crippen LogP contribution in [0.25, 0.3) is 0 Å². The number of nitrogens with one attached hydrogen (secondary N) is 1. The number of carbonyl (C=O) groups excluding carboxylic acids is 2. The molecular formula is C19H17N3O3. The van der Waals surface area contributed by atoms with Gasteiger partial charge >= 0.3 is 6.03 Å². The number of ether oxygens (including phenoxy) is 1. The van der Waals surface area contributed by atoms with E-state index in [4.69, 9.17) is 10.00 Å². The number of likely N-dealkylation sites (tertiary alicyclic amines) is 1. The number of carbonyl (C=O) groups is 2. The van der Waals surface area contributed by atoms with E-state index >= 15 is 0 Å². The molecule has 1 fully saturated rings. The van der Waals surface area contributed by atoms with Crippen LogP contribution in [0.15, 0.2) is 48.5 Å². The molecule has 1 aliphatic heterocycles. The quantitative estimate of drug-likeness (QED) is 0.871. The lowest BCUT2D eigenvalue weighted by molar-refractivity contribution is 0.0493. The number of nitriles is 1. The number of anilines is 1. The van der Waals surface area contributed by atoms with Crippen molar-refractivity contribution in [3.63, 3.8) is 0 Å². The Morgan fingerprint density at radius 3 is 2.56 bits per heavy atom. The van der Waals surface area contributed by atoms with Crippen LogP contribution in [0.4, 0.5) is 10.5 Å². The van der Waals surface area contributed by atoms with Crippen molar-refractivity contribution in [3.05, 3.63) is 59.7 Å². The van der Waals surface area contributed by atoms with Crippen molar-refractivity contribution in [2.45, 2.75) is 13.0 Å². The van der Waals surface area contributed by atoms with Crippen LogP contribution >= 0.6 is 0 Å². The molecule has 6 nitrogen and oxygen atoms in total. The molecular weight excluding hydrogens is 318 g/mol. The van der Waals surface area contributed by atoms with Crippen LogP contribution in [-0.2, 0) is 0 Å². The molecule has 2 amide bonds. The molecule has 25 heavy (non-hydrogen) atoms. The first-order chi connectivity index (χ1) is 12.0. The summed E-state index contributed by atoms with van der Waals surface area (Å²) >= 11 is 0. The highest BCUT2D eigenvalue weighted by molar-refractivity contribution is 5.96. The summed E-state index contributed by atoms with van der Waals surface area (Å²) in [5, 5.41) is 11.6. The van der Waals surface area contributed by atoms with Gasteiger partial charge < -0.3 is 15.0 Å². The summed E-state index contributed by atoms with van der Waals surface area (Å²) in [7, 11) is 0. The second-order valence-corrected chi connectivity index (χ2v) is 5.85. The monoisotopic (exact) mass is 335 g/mol. The minimum absolute atomic E-state index is 0.0454. The molecule has 126 valence electrons. The third-order valence-electron chi connectivity index (χ3n) is 3.94. The Morgan fingerprint density at radius 2 is 1.92 bits per heavy atom. The molecule has 1 aliphatic rings. The molecule has 0 aliphatic carbocycles. The van der Waals surface area contributed by atoms with Crippen molar-refractivity contribution in [2.24, 2.45) is 0 Å². The van der Waals surface area contributed by atoms with Crippen LogP contribution < -0.4 is 10.1 Å². The fourth-order valence-corrected chi connectivity index (χ4v) is 2.50. The van der Waals surface area contributed by atoms with Crippen molar-refractivity contribution in [1.82, 2.24) is 4.90 Å². The van der Waals surface area contributed by atoms with Crippen LogP contribution in [0, 0.1) is 11.3 Å². The molecule has 0 radical (unpaired) electrons. The molecule has 2 aromatic carbocycles. The maximum absolute atomic E-state index is 12.2. The van der Waals surface area contributed by atoms with Gasteiger partial charge in [-0.05, 0) is 43.3 Å². The van der Waals surface area contributed by atoms with Crippen LogP contribution in [0.3, 0.4) is 0 Å². The Bertz CT molecular complexity index is 834. The van der Waals surface area contributed by atoms with Gasteiger partial charge in [0.15, 0.2) is 5.78 Å². The number of amides is 2. The summed E-state index contributed by atoms with van der Waals surface area (Å²) in [6.07, 6.45) is -0.0674. The van der Waals surface area contributed by atoms with Gasteiger partial charge in [-0.15, -0.1) is 0 Å². The number of rotatable bonds is 4. The Balaban J connectivity index is 1.50. The van der Waals surface area contributed by atoms with Gasteiger partial charge in [-0.2, -0.15) is 5.26 Å². The van der Waals surface area contributed by atoms with Crippen molar-refractivity contribution in [3.8, 4) is 11.8 Å². The number of Topliss-reactive ketones (excluding diaryl/α,β-unsaturated/α-hetero) is 1. The Hall–Kier alpha value is -3.33. The largest absolute Gasteiger partial charge is 0.487 e. The van der Waals surface area contributed by atoms with Gasteiger partial charge in [0.1, 0.15) is 11.9 Å². The average molecular weight is 335 g/mol. The summed E-state index contributed by atoms with van der Waals surface area (Å²) in [4.78, 5) is 25.2. The maximum Gasteiger partial charge on any atom is 0.322 e. The van der Waals surface area contributed by atoms with Crippen LogP contribution in [0.5, 0.6) is 5.75 Å². The number of benzene rings is 2. The first-order valence-electron chi connectivity index (χ1n) is 7.89. The minimum atomic E-state index is -0.222. The Labute approximate surface area is 145 Å². The van der Waals surface area contributed by atoms with Gasteiger partial charge in [-0.3, -0.25) is 4.79 Å². The normalized spacial score (nSPS) is 13.5. The van der Waals surface area contributed by atoms with Gasteiger partial charge in [0.25, 0.3) is 0 Å². The summed E-state index contributed by atoms with van der Waals surface area (Å²) in [6.45, 7) is 2.46. The molecule has 0 bridgehead atoms. The van der Waals surface area contributed by atoms with Crippen molar-refractivity contribution in [1.29, 1.82) is 5.26 Å². The standard InChI is InChI=1S/C19H17N3O3/c1-13(23)15-3-2-4-16(9-15)21-19(24)22-11-18(12-22)25-17-7-5-14(10-20)6-8-17/h2-9,18H,11-12H2,1H3,(H,21,24). The first-order valence-corrected chi connectivity index (χ1v) is 7.89. The molecule has 3 rings (SSSR count). The van der Waals surface area contributed by atoms with Gasteiger partial charge in [0, 0.05) is 11.3 Å². The molecule has 1 N–H and O–H groups in total. The lowest BCUT2D eigenvalue weighted by Crippen LogP contribution is -2.57. The van der Waals surface area contributed by atoms with E-state index in [-0.39, 0.29) is 17.9 Å². The highest BCUT2D eigenvalue weighted by Gasteiger charge is 2.32. The molecule has 6 heteroatoms. The summed E-state index contributed by atoms with van der Waals surface area (Å²) in [5.41, 5.74) is 1.73. The van der Waals surface area contributed by atoms with Crippen molar-refractivity contribution in [2.75, 3.05) is 18.4 Å². The van der Waals surface area contributed by atoms with E-state index in [1.54, 1.807) is 53.4 Å². The van der Waals surface area contributed by atoms with Gasteiger partial charge in [-0.25, -0.2) is 4.79 Å². The predicted molar refractivity (Wildman–Crippen MR) is 92.6 cm³/mol. The zero-order chi connectivity index (χ0) is 17.8.